The molecular weight excluding hydrogens is 307 g/mol. The number of benzene rings is 1. The van der Waals surface area contributed by atoms with Gasteiger partial charge < -0.3 is 10.6 Å². The van der Waals surface area contributed by atoms with Gasteiger partial charge in [-0.3, -0.25) is 4.68 Å². The number of hydrogen-bond acceptors (Lipinski definition) is 2. The number of aryl methyl sites for hydroxylation is 2. The summed E-state index contributed by atoms with van der Waals surface area (Å²) < 4.78 is 15.1. The molecule has 0 aliphatic heterocycles. The lowest BCUT2D eigenvalue weighted by molar-refractivity contribution is 0.239. The maximum atomic E-state index is 13.4. The van der Waals surface area contributed by atoms with E-state index in [0.29, 0.717) is 13.1 Å². The first kappa shape index (κ1) is 16.5. The summed E-state index contributed by atoms with van der Waals surface area (Å²) in [6.07, 6.45) is 7.55. The van der Waals surface area contributed by atoms with Crippen molar-refractivity contribution in [3.63, 3.8) is 0 Å². The van der Waals surface area contributed by atoms with Gasteiger partial charge in [0.1, 0.15) is 5.82 Å². The van der Waals surface area contributed by atoms with Gasteiger partial charge in [-0.05, 0) is 48.9 Å². The second-order valence-corrected chi connectivity index (χ2v) is 6.53. The molecule has 1 aromatic carbocycles. The Morgan fingerprint density at radius 2 is 2.21 bits per heavy atom. The highest BCUT2D eigenvalue weighted by molar-refractivity contribution is 5.74. The van der Waals surface area contributed by atoms with Crippen molar-refractivity contribution in [3.8, 4) is 0 Å². The minimum absolute atomic E-state index is 0.0881. The van der Waals surface area contributed by atoms with Gasteiger partial charge >= 0.3 is 6.03 Å². The normalized spacial score (nSPS) is 15.1. The summed E-state index contributed by atoms with van der Waals surface area (Å²) in [6.45, 7) is 1.17. The number of nitrogens with zero attached hydrogens (tertiary/aromatic N) is 2. The molecule has 6 heteroatoms. The number of nitrogens with one attached hydrogen (secondary N) is 2. The predicted octanol–water partition coefficient (Wildman–Crippen LogP) is 2.52. The van der Waals surface area contributed by atoms with Crippen LogP contribution >= 0.6 is 0 Å². The highest BCUT2D eigenvalue weighted by atomic mass is 19.1. The molecule has 3 rings (SSSR count). The molecule has 5 nitrogen and oxygen atoms in total. The summed E-state index contributed by atoms with van der Waals surface area (Å²) in [5.41, 5.74) is 2.05. The SMILES string of the molecule is Cn1cc(CCCNC(=O)NCC2(c3cccc(F)c3)CC2)cn1. The van der Waals surface area contributed by atoms with Crippen LogP contribution in [0.3, 0.4) is 0 Å². The summed E-state index contributed by atoms with van der Waals surface area (Å²) in [4.78, 5) is 11.9. The lowest BCUT2D eigenvalue weighted by atomic mass is 9.96. The van der Waals surface area contributed by atoms with Crippen LogP contribution in [-0.4, -0.2) is 28.9 Å². The van der Waals surface area contributed by atoms with Crippen molar-refractivity contribution < 1.29 is 9.18 Å². The van der Waals surface area contributed by atoms with Gasteiger partial charge in [0.2, 0.25) is 0 Å². The molecule has 0 atom stereocenters. The third-order valence-corrected chi connectivity index (χ3v) is 4.56. The van der Waals surface area contributed by atoms with Crippen molar-refractivity contribution in [2.75, 3.05) is 13.1 Å². The number of carbonyl (C=O) groups is 1. The van der Waals surface area contributed by atoms with Crippen molar-refractivity contribution in [3.05, 3.63) is 53.6 Å². The first-order chi connectivity index (χ1) is 11.6. The molecule has 0 spiro atoms. The molecule has 1 heterocycles. The Labute approximate surface area is 141 Å². The standard InChI is InChI=1S/C18H23FN4O/c1-23-12-14(11-22-23)4-3-9-20-17(24)21-13-18(7-8-18)15-5-2-6-16(19)10-15/h2,5-6,10-12H,3-4,7-9,13H2,1H3,(H2,20,21,24). The average molecular weight is 330 g/mol. The number of urea groups is 1. The van der Waals surface area contributed by atoms with Crippen molar-refractivity contribution in [2.24, 2.45) is 7.05 Å². The fourth-order valence-electron chi connectivity index (χ4n) is 2.94. The maximum absolute atomic E-state index is 13.4. The number of aromatic nitrogens is 2. The minimum Gasteiger partial charge on any atom is -0.338 e. The molecule has 0 radical (unpaired) electrons. The van der Waals surface area contributed by atoms with E-state index in [4.69, 9.17) is 0 Å². The van der Waals surface area contributed by atoms with E-state index in [1.807, 2.05) is 25.5 Å². The van der Waals surface area contributed by atoms with E-state index in [0.717, 1.165) is 31.2 Å². The van der Waals surface area contributed by atoms with Crippen molar-refractivity contribution in [2.45, 2.75) is 31.1 Å². The van der Waals surface area contributed by atoms with Crippen LogP contribution in [0.2, 0.25) is 0 Å². The van der Waals surface area contributed by atoms with E-state index < -0.39 is 0 Å². The molecule has 1 aliphatic rings. The molecule has 24 heavy (non-hydrogen) atoms. The molecule has 128 valence electrons. The maximum Gasteiger partial charge on any atom is 0.314 e. The Hall–Kier alpha value is -2.37. The number of carbonyl (C=O) groups excluding carboxylic acids is 1. The van der Waals surface area contributed by atoms with Crippen LogP contribution in [0.15, 0.2) is 36.7 Å². The summed E-state index contributed by atoms with van der Waals surface area (Å²) in [6, 6.07) is 6.51. The Bertz CT molecular complexity index is 709. The van der Waals surface area contributed by atoms with Gasteiger partial charge in [-0.2, -0.15) is 5.10 Å². The molecular formula is C18H23FN4O. The number of halogens is 1. The first-order valence-electron chi connectivity index (χ1n) is 8.33. The quantitative estimate of drug-likeness (QED) is 0.767. The van der Waals surface area contributed by atoms with Crippen LogP contribution in [0.25, 0.3) is 0 Å². The van der Waals surface area contributed by atoms with E-state index in [2.05, 4.69) is 15.7 Å². The van der Waals surface area contributed by atoms with Gasteiger partial charge in [-0.15, -0.1) is 0 Å². The molecule has 2 amide bonds. The van der Waals surface area contributed by atoms with Crippen LogP contribution in [0, 0.1) is 5.82 Å². The number of hydrogen-bond donors (Lipinski definition) is 2. The molecule has 0 bridgehead atoms. The molecule has 1 aliphatic carbocycles. The zero-order chi connectivity index (χ0) is 17.0. The Balaban J connectivity index is 1.38. The monoisotopic (exact) mass is 330 g/mol. The van der Waals surface area contributed by atoms with Crippen LogP contribution in [-0.2, 0) is 18.9 Å². The highest BCUT2D eigenvalue weighted by Gasteiger charge is 2.44. The van der Waals surface area contributed by atoms with Crippen LogP contribution in [0.4, 0.5) is 9.18 Å². The predicted molar refractivity (Wildman–Crippen MR) is 90.2 cm³/mol. The molecule has 0 saturated heterocycles. The van der Waals surface area contributed by atoms with Gasteiger partial charge in [0, 0.05) is 31.7 Å². The third kappa shape index (κ3) is 4.13. The van der Waals surface area contributed by atoms with E-state index in [1.165, 1.54) is 11.6 Å². The van der Waals surface area contributed by atoms with Gasteiger partial charge in [-0.1, -0.05) is 12.1 Å². The highest BCUT2D eigenvalue weighted by Crippen LogP contribution is 2.47. The molecule has 0 unspecified atom stereocenters. The molecule has 1 aromatic heterocycles. The molecule has 1 fully saturated rings. The van der Waals surface area contributed by atoms with E-state index in [9.17, 15) is 9.18 Å². The fourth-order valence-corrected chi connectivity index (χ4v) is 2.94. The summed E-state index contributed by atoms with van der Waals surface area (Å²) in [7, 11) is 1.89. The average Bonchev–Trinajstić information content (AvgIpc) is 3.25. The fraction of sp³-hybridized carbons (Fsp3) is 0.444. The Kier molecular flexibility index (Phi) is 4.83. The van der Waals surface area contributed by atoms with Gasteiger partial charge in [-0.25, -0.2) is 9.18 Å². The van der Waals surface area contributed by atoms with Crippen molar-refractivity contribution in [1.29, 1.82) is 0 Å². The second kappa shape index (κ2) is 7.03. The molecule has 1 saturated carbocycles. The van der Waals surface area contributed by atoms with E-state index in [-0.39, 0.29) is 17.3 Å². The molecule has 2 N–H and O–H groups in total. The first-order valence-corrected chi connectivity index (χ1v) is 8.33. The number of rotatable bonds is 7. The molecule has 2 aromatic rings. The lowest BCUT2D eigenvalue weighted by Crippen LogP contribution is -2.40. The van der Waals surface area contributed by atoms with Crippen LogP contribution in [0.1, 0.15) is 30.4 Å². The topological polar surface area (TPSA) is 59.0 Å². The largest absolute Gasteiger partial charge is 0.338 e. The second-order valence-electron chi connectivity index (χ2n) is 6.53. The summed E-state index contributed by atoms with van der Waals surface area (Å²) >= 11 is 0. The summed E-state index contributed by atoms with van der Waals surface area (Å²) in [5.74, 6) is -0.223. The van der Waals surface area contributed by atoms with Crippen LogP contribution in [0.5, 0.6) is 0 Å². The Morgan fingerprint density at radius 3 is 2.88 bits per heavy atom. The summed E-state index contributed by atoms with van der Waals surface area (Å²) in [5, 5.41) is 9.91. The van der Waals surface area contributed by atoms with E-state index >= 15 is 0 Å². The minimum atomic E-state index is -0.223. The van der Waals surface area contributed by atoms with Gasteiger partial charge in [0.15, 0.2) is 0 Å². The zero-order valence-corrected chi connectivity index (χ0v) is 13.9. The van der Waals surface area contributed by atoms with Gasteiger partial charge in [0.05, 0.1) is 6.20 Å². The van der Waals surface area contributed by atoms with Gasteiger partial charge in [0.25, 0.3) is 0 Å². The zero-order valence-electron chi connectivity index (χ0n) is 13.9. The van der Waals surface area contributed by atoms with Crippen LogP contribution < -0.4 is 10.6 Å². The smallest absolute Gasteiger partial charge is 0.314 e. The lowest BCUT2D eigenvalue weighted by Gasteiger charge is -2.17. The van der Waals surface area contributed by atoms with Crippen molar-refractivity contribution >= 4 is 6.03 Å². The van der Waals surface area contributed by atoms with Crippen molar-refractivity contribution in [1.82, 2.24) is 20.4 Å². The van der Waals surface area contributed by atoms with E-state index in [1.54, 1.807) is 16.8 Å². The third-order valence-electron chi connectivity index (χ3n) is 4.56. The Morgan fingerprint density at radius 1 is 1.38 bits per heavy atom. The number of amides is 2.